The lowest BCUT2D eigenvalue weighted by Crippen LogP contribution is -2.21. The number of nitrogens with zero attached hydrogens (tertiary/aromatic N) is 3. The molecule has 0 aliphatic rings. The minimum Gasteiger partial charge on any atom is -0.268 e. The van der Waals surface area contributed by atoms with Gasteiger partial charge in [-0.15, -0.1) is 0 Å². The Labute approximate surface area is 149 Å². The summed E-state index contributed by atoms with van der Waals surface area (Å²) in [5.41, 5.74) is 2.55. The standard InChI is InChI=1S/C20H15N3OS/c24-19-17-10-4-5-11-18(17)22-20(23(19)16-9-6-12-21-13-16)25-14-15-7-2-1-3-8-15/h1-13H,14H2. The molecule has 0 saturated heterocycles. The number of para-hydroxylation sites is 1. The van der Waals surface area contributed by atoms with Gasteiger partial charge >= 0.3 is 0 Å². The summed E-state index contributed by atoms with van der Waals surface area (Å²) in [6.07, 6.45) is 3.38. The first kappa shape index (κ1) is 15.6. The summed E-state index contributed by atoms with van der Waals surface area (Å²) in [4.78, 5) is 21.9. The van der Waals surface area contributed by atoms with Crippen LogP contribution in [0.25, 0.3) is 16.6 Å². The topological polar surface area (TPSA) is 47.8 Å². The van der Waals surface area contributed by atoms with Gasteiger partial charge in [-0.05, 0) is 29.8 Å². The van der Waals surface area contributed by atoms with Crippen LogP contribution in [0.5, 0.6) is 0 Å². The van der Waals surface area contributed by atoms with Gasteiger partial charge in [-0.2, -0.15) is 0 Å². The second kappa shape index (κ2) is 6.91. The average Bonchev–Trinajstić information content (AvgIpc) is 2.68. The van der Waals surface area contributed by atoms with Crippen LogP contribution in [0.15, 0.2) is 89.1 Å². The van der Waals surface area contributed by atoms with E-state index in [0.717, 1.165) is 11.4 Å². The highest BCUT2D eigenvalue weighted by molar-refractivity contribution is 7.98. The molecule has 4 aromatic rings. The summed E-state index contributed by atoms with van der Waals surface area (Å²) < 4.78 is 1.64. The van der Waals surface area contributed by atoms with Gasteiger partial charge in [0.25, 0.3) is 5.56 Å². The summed E-state index contributed by atoms with van der Waals surface area (Å²) in [7, 11) is 0. The summed E-state index contributed by atoms with van der Waals surface area (Å²) in [6.45, 7) is 0. The average molecular weight is 345 g/mol. The van der Waals surface area contributed by atoms with Crippen molar-refractivity contribution in [2.45, 2.75) is 10.9 Å². The molecule has 0 saturated carbocycles. The maximum absolute atomic E-state index is 13.0. The first-order valence-electron chi connectivity index (χ1n) is 7.92. The quantitative estimate of drug-likeness (QED) is 0.413. The predicted molar refractivity (Wildman–Crippen MR) is 101 cm³/mol. The molecule has 25 heavy (non-hydrogen) atoms. The zero-order chi connectivity index (χ0) is 17.1. The largest absolute Gasteiger partial charge is 0.268 e. The summed E-state index contributed by atoms with van der Waals surface area (Å²) in [5.74, 6) is 0.742. The number of fused-ring (bicyclic) bond motifs is 1. The fourth-order valence-corrected chi connectivity index (χ4v) is 3.61. The van der Waals surface area contributed by atoms with Crippen molar-refractivity contribution in [1.82, 2.24) is 14.5 Å². The van der Waals surface area contributed by atoms with Crippen LogP contribution in [0.1, 0.15) is 5.56 Å². The molecule has 2 heterocycles. The Kier molecular flexibility index (Phi) is 4.31. The third kappa shape index (κ3) is 3.19. The summed E-state index contributed by atoms with van der Waals surface area (Å²) in [6, 6.07) is 21.3. The van der Waals surface area contributed by atoms with Crippen LogP contribution in [-0.4, -0.2) is 14.5 Å². The van der Waals surface area contributed by atoms with Gasteiger partial charge in [0.15, 0.2) is 5.16 Å². The fourth-order valence-electron chi connectivity index (χ4n) is 2.64. The molecule has 5 heteroatoms. The van der Waals surface area contributed by atoms with E-state index in [2.05, 4.69) is 17.1 Å². The van der Waals surface area contributed by atoms with Gasteiger partial charge < -0.3 is 0 Å². The van der Waals surface area contributed by atoms with E-state index in [4.69, 9.17) is 4.98 Å². The third-order valence-corrected chi connectivity index (χ3v) is 4.87. The molecule has 4 rings (SSSR count). The van der Waals surface area contributed by atoms with E-state index in [1.165, 1.54) is 5.56 Å². The van der Waals surface area contributed by atoms with E-state index in [9.17, 15) is 4.79 Å². The minimum absolute atomic E-state index is 0.0749. The van der Waals surface area contributed by atoms with Crippen LogP contribution in [0.2, 0.25) is 0 Å². The zero-order valence-corrected chi connectivity index (χ0v) is 14.2. The number of thioether (sulfide) groups is 1. The van der Waals surface area contributed by atoms with Crippen LogP contribution in [0.3, 0.4) is 0 Å². The van der Waals surface area contributed by atoms with Crippen molar-refractivity contribution in [2.24, 2.45) is 0 Å². The van der Waals surface area contributed by atoms with Crippen molar-refractivity contribution in [3.05, 3.63) is 95.0 Å². The molecule has 2 aromatic carbocycles. The van der Waals surface area contributed by atoms with Crippen molar-refractivity contribution >= 4 is 22.7 Å². The van der Waals surface area contributed by atoms with E-state index in [1.807, 2.05) is 54.6 Å². The third-order valence-electron chi connectivity index (χ3n) is 3.86. The number of hydrogen-bond acceptors (Lipinski definition) is 4. The maximum Gasteiger partial charge on any atom is 0.266 e. The highest BCUT2D eigenvalue weighted by atomic mass is 32.2. The lowest BCUT2D eigenvalue weighted by atomic mass is 10.2. The normalized spacial score (nSPS) is 10.9. The summed E-state index contributed by atoms with van der Waals surface area (Å²) >= 11 is 1.55. The zero-order valence-electron chi connectivity index (χ0n) is 13.4. The molecule has 0 amide bonds. The lowest BCUT2D eigenvalue weighted by Gasteiger charge is -2.12. The Hall–Kier alpha value is -2.92. The van der Waals surface area contributed by atoms with E-state index >= 15 is 0 Å². The van der Waals surface area contributed by atoms with Gasteiger partial charge in [0.05, 0.1) is 22.8 Å². The molecule has 0 atom stereocenters. The smallest absolute Gasteiger partial charge is 0.266 e. The Morgan fingerprint density at radius 2 is 1.72 bits per heavy atom. The first-order chi connectivity index (χ1) is 12.3. The number of benzene rings is 2. The molecule has 122 valence electrons. The maximum atomic E-state index is 13.0. The molecule has 0 unspecified atom stereocenters. The second-order valence-corrected chi connectivity index (χ2v) is 6.48. The van der Waals surface area contributed by atoms with E-state index in [-0.39, 0.29) is 5.56 Å². The molecule has 0 radical (unpaired) electrons. The lowest BCUT2D eigenvalue weighted by molar-refractivity contribution is 0.815. The van der Waals surface area contributed by atoms with Gasteiger partial charge in [-0.3, -0.25) is 14.3 Å². The van der Waals surface area contributed by atoms with Gasteiger partial charge in [0.2, 0.25) is 0 Å². The van der Waals surface area contributed by atoms with Crippen molar-refractivity contribution in [1.29, 1.82) is 0 Å². The van der Waals surface area contributed by atoms with Crippen LogP contribution >= 0.6 is 11.8 Å². The van der Waals surface area contributed by atoms with Crippen LogP contribution in [-0.2, 0) is 5.75 Å². The van der Waals surface area contributed by atoms with Crippen LogP contribution < -0.4 is 5.56 Å². The van der Waals surface area contributed by atoms with Gasteiger partial charge in [0.1, 0.15) is 0 Å². The van der Waals surface area contributed by atoms with Crippen molar-refractivity contribution in [3.8, 4) is 5.69 Å². The first-order valence-corrected chi connectivity index (χ1v) is 8.90. The molecule has 0 aliphatic carbocycles. The molecular formula is C20H15N3OS. The van der Waals surface area contributed by atoms with Gasteiger partial charge in [-0.1, -0.05) is 54.2 Å². The predicted octanol–water partition coefficient (Wildman–Crippen LogP) is 4.07. The molecule has 2 aromatic heterocycles. The molecule has 0 N–H and O–H groups in total. The van der Waals surface area contributed by atoms with E-state index < -0.39 is 0 Å². The molecule has 0 bridgehead atoms. The fraction of sp³-hybridized carbons (Fsp3) is 0.0500. The molecular weight excluding hydrogens is 330 g/mol. The molecule has 0 fully saturated rings. The van der Waals surface area contributed by atoms with E-state index in [0.29, 0.717) is 16.1 Å². The Bertz CT molecular complexity index is 1060. The van der Waals surface area contributed by atoms with Crippen molar-refractivity contribution in [2.75, 3.05) is 0 Å². The second-order valence-electron chi connectivity index (χ2n) is 5.54. The van der Waals surface area contributed by atoms with E-state index in [1.54, 1.807) is 28.7 Å². The monoisotopic (exact) mass is 345 g/mol. The number of aromatic nitrogens is 3. The molecule has 0 spiro atoms. The van der Waals surface area contributed by atoms with Gasteiger partial charge in [-0.25, -0.2) is 4.98 Å². The van der Waals surface area contributed by atoms with Gasteiger partial charge in [0, 0.05) is 11.9 Å². The van der Waals surface area contributed by atoms with Crippen LogP contribution in [0.4, 0.5) is 0 Å². The minimum atomic E-state index is -0.0749. The highest BCUT2D eigenvalue weighted by Crippen LogP contribution is 2.24. The van der Waals surface area contributed by atoms with Crippen molar-refractivity contribution < 1.29 is 0 Å². The number of pyridine rings is 1. The Morgan fingerprint density at radius 1 is 0.920 bits per heavy atom. The molecule has 4 nitrogen and oxygen atoms in total. The highest BCUT2D eigenvalue weighted by Gasteiger charge is 2.13. The number of hydrogen-bond donors (Lipinski definition) is 0. The molecule has 0 aliphatic heterocycles. The van der Waals surface area contributed by atoms with Crippen LogP contribution in [0, 0.1) is 0 Å². The summed E-state index contributed by atoms with van der Waals surface area (Å²) in [5, 5.41) is 1.27. The SMILES string of the molecule is O=c1c2ccccc2nc(SCc2ccccc2)n1-c1cccnc1. The Morgan fingerprint density at radius 3 is 2.52 bits per heavy atom. The van der Waals surface area contributed by atoms with Crippen molar-refractivity contribution in [3.63, 3.8) is 0 Å². The Balaban J connectivity index is 1.85. The number of rotatable bonds is 4.